The number of aromatic nitrogens is 1. The minimum atomic E-state index is -0.468. The number of esters is 1. The lowest BCUT2D eigenvalue weighted by Gasteiger charge is -2.13. The maximum Gasteiger partial charge on any atom is 0.338 e. The smallest absolute Gasteiger partial charge is 0.338 e. The van der Waals surface area contributed by atoms with E-state index in [4.69, 9.17) is 4.74 Å². The van der Waals surface area contributed by atoms with Crippen molar-refractivity contribution in [2.75, 3.05) is 11.9 Å². The van der Waals surface area contributed by atoms with Gasteiger partial charge in [-0.3, -0.25) is 9.59 Å². The second-order valence-corrected chi connectivity index (χ2v) is 6.90. The van der Waals surface area contributed by atoms with Gasteiger partial charge < -0.3 is 14.6 Å². The molecule has 2 aromatic carbocycles. The standard InChI is InChI=1S/C22H20N2O4/c1-3-28-22(27)14-7-9-16(10-8-14)23-21(26)18-12-24-13(2)11-15-5-4-6-17(19(15)24)20(18)25/h4-10,12-13H,3,11H2,1-2H3,(H,23,26)/t13-/m1/s1. The average molecular weight is 376 g/mol. The Morgan fingerprint density at radius 3 is 2.64 bits per heavy atom. The summed E-state index contributed by atoms with van der Waals surface area (Å²) in [4.78, 5) is 37.4. The number of pyridine rings is 1. The molecule has 1 aliphatic heterocycles. The van der Waals surface area contributed by atoms with Crippen molar-refractivity contribution < 1.29 is 14.3 Å². The molecule has 6 heteroatoms. The normalized spacial score (nSPS) is 14.9. The molecule has 0 aliphatic carbocycles. The summed E-state index contributed by atoms with van der Waals surface area (Å²) in [6.07, 6.45) is 2.49. The van der Waals surface area contributed by atoms with E-state index < -0.39 is 11.9 Å². The number of rotatable bonds is 4. The Labute approximate surface area is 161 Å². The molecule has 1 aromatic heterocycles. The van der Waals surface area contributed by atoms with Crippen LogP contribution in [0, 0.1) is 0 Å². The summed E-state index contributed by atoms with van der Waals surface area (Å²) in [7, 11) is 0. The summed E-state index contributed by atoms with van der Waals surface area (Å²) in [5.74, 6) is -0.884. The molecule has 6 nitrogen and oxygen atoms in total. The summed E-state index contributed by atoms with van der Waals surface area (Å²) in [5, 5.41) is 3.30. The summed E-state index contributed by atoms with van der Waals surface area (Å²) < 4.78 is 6.95. The number of nitrogens with one attached hydrogen (secondary N) is 1. The fourth-order valence-corrected chi connectivity index (χ4v) is 3.68. The van der Waals surface area contributed by atoms with Gasteiger partial charge in [-0.2, -0.15) is 0 Å². The van der Waals surface area contributed by atoms with Crippen LogP contribution in [0.5, 0.6) is 0 Å². The van der Waals surface area contributed by atoms with Crippen LogP contribution in [0.25, 0.3) is 10.9 Å². The van der Waals surface area contributed by atoms with Gasteiger partial charge in [-0.15, -0.1) is 0 Å². The van der Waals surface area contributed by atoms with Crippen LogP contribution in [0.15, 0.2) is 53.5 Å². The third-order valence-electron chi connectivity index (χ3n) is 5.02. The van der Waals surface area contributed by atoms with Crippen LogP contribution in [0.1, 0.15) is 46.2 Å². The van der Waals surface area contributed by atoms with E-state index in [1.54, 1.807) is 43.5 Å². The van der Waals surface area contributed by atoms with E-state index in [0.29, 0.717) is 23.2 Å². The fourth-order valence-electron chi connectivity index (χ4n) is 3.68. The summed E-state index contributed by atoms with van der Waals surface area (Å²) in [6.45, 7) is 4.11. The number of hydrogen-bond acceptors (Lipinski definition) is 4. The predicted octanol–water partition coefficient (Wildman–Crippen LogP) is 3.55. The largest absolute Gasteiger partial charge is 0.462 e. The van der Waals surface area contributed by atoms with Crippen molar-refractivity contribution in [3.8, 4) is 0 Å². The zero-order valence-electron chi connectivity index (χ0n) is 15.7. The molecule has 0 radical (unpaired) electrons. The number of carbonyl (C=O) groups excluding carboxylic acids is 2. The number of benzene rings is 2. The lowest BCUT2D eigenvalue weighted by atomic mass is 10.1. The Bertz CT molecular complexity index is 1150. The number of carbonyl (C=O) groups is 2. The van der Waals surface area contributed by atoms with Gasteiger partial charge in [0.15, 0.2) is 0 Å². The fraction of sp³-hybridized carbons (Fsp3) is 0.227. The van der Waals surface area contributed by atoms with Crippen LogP contribution in [-0.2, 0) is 11.2 Å². The monoisotopic (exact) mass is 376 g/mol. The first-order chi connectivity index (χ1) is 13.5. The van der Waals surface area contributed by atoms with E-state index in [1.807, 2.05) is 16.7 Å². The summed E-state index contributed by atoms with van der Waals surface area (Å²) in [6, 6.07) is 12.2. The SMILES string of the molecule is CCOC(=O)c1ccc(NC(=O)c2cn3c4c(cccc4c2=O)C[C@H]3C)cc1. The van der Waals surface area contributed by atoms with Crippen LogP contribution in [0.2, 0.25) is 0 Å². The van der Waals surface area contributed by atoms with Gasteiger partial charge in [-0.1, -0.05) is 12.1 Å². The highest BCUT2D eigenvalue weighted by atomic mass is 16.5. The van der Waals surface area contributed by atoms with Crippen LogP contribution >= 0.6 is 0 Å². The molecular formula is C22H20N2O4. The van der Waals surface area contributed by atoms with Gasteiger partial charge in [0.2, 0.25) is 5.43 Å². The van der Waals surface area contributed by atoms with Crippen molar-refractivity contribution in [3.63, 3.8) is 0 Å². The number of nitrogens with zero attached hydrogens (tertiary/aromatic N) is 1. The Morgan fingerprint density at radius 1 is 1.18 bits per heavy atom. The first-order valence-corrected chi connectivity index (χ1v) is 9.25. The minimum absolute atomic E-state index is 0.105. The van der Waals surface area contributed by atoms with E-state index in [0.717, 1.165) is 17.5 Å². The van der Waals surface area contributed by atoms with Gasteiger partial charge in [0.1, 0.15) is 5.56 Å². The molecule has 0 saturated heterocycles. The number of para-hydroxylation sites is 1. The molecule has 2 heterocycles. The van der Waals surface area contributed by atoms with Crippen LogP contribution in [-0.4, -0.2) is 23.1 Å². The zero-order chi connectivity index (χ0) is 19.8. The molecular weight excluding hydrogens is 356 g/mol. The molecule has 3 aromatic rings. The zero-order valence-corrected chi connectivity index (χ0v) is 15.7. The highest BCUT2D eigenvalue weighted by molar-refractivity contribution is 6.06. The van der Waals surface area contributed by atoms with Crippen molar-refractivity contribution >= 4 is 28.5 Å². The Kier molecular flexibility index (Phi) is 4.47. The quantitative estimate of drug-likeness (QED) is 0.707. The van der Waals surface area contributed by atoms with E-state index in [9.17, 15) is 14.4 Å². The summed E-state index contributed by atoms with van der Waals surface area (Å²) >= 11 is 0. The molecule has 0 unspecified atom stereocenters. The molecule has 1 N–H and O–H groups in total. The van der Waals surface area contributed by atoms with E-state index in [-0.39, 0.29) is 17.0 Å². The Morgan fingerprint density at radius 2 is 1.93 bits per heavy atom. The van der Waals surface area contributed by atoms with Crippen LogP contribution in [0.4, 0.5) is 5.69 Å². The lowest BCUT2D eigenvalue weighted by Crippen LogP contribution is -2.23. The van der Waals surface area contributed by atoms with Crippen molar-refractivity contribution in [2.24, 2.45) is 0 Å². The molecule has 1 amide bonds. The minimum Gasteiger partial charge on any atom is -0.462 e. The third-order valence-corrected chi connectivity index (χ3v) is 5.02. The number of amides is 1. The first-order valence-electron chi connectivity index (χ1n) is 9.25. The average Bonchev–Trinajstić information content (AvgIpc) is 3.01. The Balaban J connectivity index is 1.65. The molecule has 0 fully saturated rings. The number of ether oxygens (including phenoxy) is 1. The highest BCUT2D eigenvalue weighted by Gasteiger charge is 2.24. The van der Waals surface area contributed by atoms with Crippen LogP contribution in [0.3, 0.4) is 0 Å². The molecule has 142 valence electrons. The van der Waals surface area contributed by atoms with E-state index in [2.05, 4.69) is 12.2 Å². The summed E-state index contributed by atoms with van der Waals surface area (Å²) in [5.41, 5.74) is 2.77. The van der Waals surface area contributed by atoms with Crippen molar-refractivity contribution in [2.45, 2.75) is 26.3 Å². The molecule has 4 rings (SSSR count). The molecule has 1 atom stereocenters. The molecule has 0 bridgehead atoms. The van der Waals surface area contributed by atoms with Crippen LogP contribution < -0.4 is 10.7 Å². The molecule has 0 spiro atoms. The van der Waals surface area contributed by atoms with Gasteiger partial charge in [0, 0.05) is 23.3 Å². The lowest BCUT2D eigenvalue weighted by molar-refractivity contribution is 0.0526. The topological polar surface area (TPSA) is 77.4 Å². The maximum atomic E-state index is 12.9. The predicted molar refractivity (Wildman–Crippen MR) is 107 cm³/mol. The molecule has 28 heavy (non-hydrogen) atoms. The van der Waals surface area contributed by atoms with Crippen molar-refractivity contribution in [3.05, 3.63) is 75.6 Å². The van der Waals surface area contributed by atoms with Gasteiger partial charge in [0.25, 0.3) is 5.91 Å². The van der Waals surface area contributed by atoms with Crippen molar-refractivity contribution in [1.82, 2.24) is 4.57 Å². The second kappa shape index (κ2) is 6.96. The first kappa shape index (κ1) is 18.0. The van der Waals surface area contributed by atoms with Gasteiger partial charge in [-0.05, 0) is 56.2 Å². The number of anilines is 1. The van der Waals surface area contributed by atoms with Crippen molar-refractivity contribution in [1.29, 1.82) is 0 Å². The van der Waals surface area contributed by atoms with Gasteiger partial charge in [0.05, 0.1) is 17.7 Å². The third kappa shape index (κ3) is 2.97. The van der Waals surface area contributed by atoms with E-state index in [1.165, 1.54) is 0 Å². The van der Waals surface area contributed by atoms with Gasteiger partial charge >= 0.3 is 5.97 Å². The van der Waals surface area contributed by atoms with Gasteiger partial charge in [-0.25, -0.2) is 4.79 Å². The molecule has 0 saturated carbocycles. The second-order valence-electron chi connectivity index (χ2n) is 6.90. The Hall–Kier alpha value is -3.41. The van der Waals surface area contributed by atoms with E-state index >= 15 is 0 Å². The maximum absolute atomic E-state index is 12.9. The highest BCUT2D eigenvalue weighted by Crippen LogP contribution is 2.31. The number of hydrogen-bond donors (Lipinski definition) is 1. The molecule has 1 aliphatic rings.